The zero-order chi connectivity index (χ0) is 18.4. The normalized spacial score (nSPS) is 12.7. The summed E-state index contributed by atoms with van der Waals surface area (Å²) in [4.78, 5) is 9.82. The molecule has 3 N–H and O–H groups in total. The van der Waals surface area contributed by atoms with Crippen molar-refractivity contribution in [3.63, 3.8) is 0 Å². The van der Waals surface area contributed by atoms with Crippen LogP contribution in [0.15, 0.2) is 35.5 Å². The van der Waals surface area contributed by atoms with Crippen LogP contribution in [0.25, 0.3) is 0 Å². The van der Waals surface area contributed by atoms with E-state index in [1.54, 1.807) is 26.4 Å². The van der Waals surface area contributed by atoms with E-state index < -0.39 is 0 Å². The number of quaternary nitrogens is 1. The Morgan fingerprint density at radius 1 is 1.28 bits per heavy atom. The molecule has 1 aromatic carbocycles. The van der Waals surface area contributed by atoms with Gasteiger partial charge in [-0.1, -0.05) is 0 Å². The van der Waals surface area contributed by atoms with E-state index in [1.165, 1.54) is 4.90 Å². The van der Waals surface area contributed by atoms with E-state index in [0.717, 1.165) is 11.3 Å². The van der Waals surface area contributed by atoms with Crippen molar-refractivity contribution in [3.8, 4) is 11.5 Å². The molecule has 0 aliphatic rings. The van der Waals surface area contributed by atoms with Crippen LogP contribution in [0, 0.1) is 6.92 Å². The van der Waals surface area contributed by atoms with Gasteiger partial charge in [-0.2, -0.15) is 0 Å². The number of rotatable bonds is 7. The Morgan fingerprint density at radius 3 is 2.52 bits per heavy atom. The third kappa shape index (κ3) is 4.55. The number of likely N-dealkylation sites (N-methyl/N-ethyl adjacent to an activating group) is 1. The number of aryl methyl sites for hydroxylation is 1. The van der Waals surface area contributed by atoms with Crippen LogP contribution < -0.4 is 9.64 Å². The van der Waals surface area contributed by atoms with Crippen LogP contribution in [0.1, 0.15) is 28.4 Å². The van der Waals surface area contributed by atoms with E-state index in [-0.39, 0.29) is 18.4 Å². The molecule has 1 aromatic heterocycles. The number of nitrogens with zero attached hydrogens (tertiary/aromatic N) is 2. The van der Waals surface area contributed by atoms with Gasteiger partial charge < -0.3 is 19.8 Å². The molecule has 0 aliphatic heterocycles. The molecule has 0 saturated carbocycles. The number of aliphatic hydroxyl groups is 1. The summed E-state index contributed by atoms with van der Waals surface area (Å²) < 4.78 is 5.20. The zero-order valence-corrected chi connectivity index (χ0v) is 15.2. The Morgan fingerprint density at radius 2 is 1.96 bits per heavy atom. The van der Waals surface area contributed by atoms with Crippen LogP contribution in [0.2, 0.25) is 0 Å². The first-order chi connectivity index (χ1) is 12.0. The molecule has 0 aliphatic carbocycles. The molecule has 2 rings (SSSR count). The van der Waals surface area contributed by atoms with E-state index in [2.05, 4.69) is 24.1 Å². The highest BCUT2D eigenvalue weighted by Gasteiger charge is 2.17. The molecule has 25 heavy (non-hydrogen) atoms. The molecule has 2 aromatic rings. The minimum atomic E-state index is -0.191. The molecule has 0 saturated heterocycles. The van der Waals surface area contributed by atoms with E-state index in [4.69, 9.17) is 4.74 Å². The fourth-order valence-corrected chi connectivity index (χ4v) is 2.63. The van der Waals surface area contributed by atoms with Gasteiger partial charge in [-0.05, 0) is 31.2 Å². The predicted octanol–water partition coefficient (Wildman–Crippen LogP) is 0.901. The summed E-state index contributed by atoms with van der Waals surface area (Å²) in [5, 5.41) is 19.6. The van der Waals surface area contributed by atoms with Gasteiger partial charge in [-0.25, -0.2) is 0 Å². The second kappa shape index (κ2) is 8.60. The molecule has 1 heterocycles. The molecule has 134 valence electrons. The average molecular weight is 344 g/mol. The summed E-state index contributed by atoms with van der Waals surface area (Å²) in [5.74, 6) is 0.887. The first-order valence-corrected chi connectivity index (χ1v) is 8.20. The number of benzene rings is 1. The highest BCUT2D eigenvalue weighted by molar-refractivity contribution is 5.85. The summed E-state index contributed by atoms with van der Waals surface area (Å²) in [6.07, 6.45) is 3.18. The predicted molar refractivity (Wildman–Crippen MR) is 97.6 cm³/mol. The number of pyridine rings is 1. The van der Waals surface area contributed by atoms with Crippen molar-refractivity contribution in [2.75, 3.05) is 27.7 Å². The van der Waals surface area contributed by atoms with Crippen molar-refractivity contribution in [1.29, 1.82) is 0 Å². The maximum absolute atomic E-state index is 10.2. The SMILES string of the molecule is COc1ccc([C@H](CN=Cc2c(CO)cnc(C)c2O)[NH+](C)C)cc1. The molecule has 0 unspecified atom stereocenters. The number of methoxy groups -OCH3 is 1. The lowest BCUT2D eigenvalue weighted by Gasteiger charge is -2.20. The molecule has 0 spiro atoms. The fraction of sp³-hybridized carbons (Fsp3) is 0.368. The van der Waals surface area contributed by atoms with Crippen molar-refractivity contribution in [2.24, 2.45) is 4.99 Å². The summed E-state index contributed by atoms with van der Waals surface area (Å²) in [6, 6.07) is 8.14. The number of aliphatic hydroxyl groups excluding tert-OH is 1. The molecule has 1 atom stereocenters. The van der Waals surface area contributed by atoms with Gasteiger partial charge in [0, 0.05) is 29.1 Å². The third-order valence-corrected chi connectivity index (χ3v) is 4.25. The first-order valence-electron chi connectivity index (χ1n) is 8.20. The lowest BCUT2D eigenvalue weighted by Crippen LogP contribution is -3.06. The Hall–Kier alpha value is -2.44. The van der Waals surface area contributed by atoms with Crippen molar-refractivity contribution < 1.29 is 19.8 Å². The van der Waals surface area contributed by atoms with Crippen LogP contribution in [-0.2, 0) is 6.61 Å². The third-order valence-electron chi connectivity index (χ3n) is 4.25. The maximum Gasteiger partial charge on any atom is 0.145 e. The number of hydrogen-bond acceptors (Lipinski definition) is 5. The average Bonchev–Trinajstić information content (AvgIpc) is 2.62. The van der Waals surface area contributed by atoms with Gasteiger partial charge in [-0.15, -0.1) is 0 Å². The van der Waals surface area contributed by atoms with Gasteiger partial charge in [0.15, 0.2) is 0 Å². The summed E-state index contributed by atoms with van der Waals surface area (Å²) >= 11 is 0. The Bertz CT molecular complexity index is 727. The minimum absolute atomic E-state index is 0.0634. The number of aromatic hydroxyl groups is 1. The van der Waals surface area contributed by atoms with E-state index in [9.17, 15) is 10.2 Å². The van der Waals surface area contributed by atoms with E-state index >= 15 is 0 Å². The van der Waals surface area contributed by atoms with Gasteiger partial charge in [0.25, 0.3) is 0 Å². The Balaban J connectivity index is 2.21. The van der Waals surface area contributed by atoms with Gasteiger partial charge in [-0.3, -0.25) is 9.98 Å². The summed E-state index contributed by atoms with van der Waals surface area (Å²) in [7, 11) is 5.81. The summed E-state index contributed by atoms with van der Waals surface area (Å²) in [5.41, 5.74) is 2.77. The van der Waals surface area contributed by atoms with Gasteiger partial charge >= 0.3 is 0 Å². The molecule has 6 heteroatoms. The quantitative estimate of drug-likeness (QED) is 0.652. The molecule has 0 radical (unpaired) electrons. The van der Waals surface area contributed by atoms with Crippen LogP contribution in [0.5, 0.6) is 11.5 Å². The second-order valence-electron chi connectivity index (χ2n) is 6.19. The fourth-order valence-electron chi connectivity index (χ4n) is 2.63. The Kier molecular flexibility index (Phi) is 6.50. The molecular formula is C19H26N3O3+. The van der Waals surface area contributed by atoms with Crippen LogP contribution in [0.4, 0.5) is 0 Å². The molecular weight excluding hydrogens is 318 g/mol. The van der Waals surface area contributed by atoms with Crippen molar-refractivity contribution in [2.45, 2.75) is 19.6 Å². The summed E-state index contributed by atoms with van der Waals surface area (Å²) in [6.45, 7) is 2.08. The molecule has 0 fully saturated rings. The molecule has 0 bridgehead atoms. The monoisotopic (exact) mass is 344 g/mol. The van der Waals surface area contributed by atoms with Crippen LogP contribution in [-0.4, -0.2) is 49.2 Å². The van der Waals surface area contributed by atoms with Crippen LogP contribution >= 0.6 is 0 Å². The highest BCUT2D eigenvalue weighted by Crippen LogP contribution is 2.22. The minimum Gasteiger partial charge on any atom is -0.505 e. The Labute approximate surface area is 148 Å². The zero-order valence-electron chi connectivity index (χ0n) is 15.2. The first kappa shape index (κ1) is 18.9. The molecule has 6 nitrogen and oxygen atoms in total. The standard InChI is InChI=1S/C19H25N3O3/c1-13-19(24)17(15(12-23)9-21-13)10-20-11-18(22(2)3)14-5-7-16(25-4)8-6-14/h5-10,18,23-24H,11-12H2,1-4H3/p+1/t18-/m0/s1. The largest absolute Gasteiger partial charge is 0.505 e. The van der Waals surface area contributed by atoms with E-state index in [0.29, 0.717) is 23.4 Å². The maximum atomic E-state index is 10.2. The van der Waals surface area contributed by atoms with Crippen LogP contribution in [0.3, 0.4) is 0 Å². The van der Waals surface area contributed by atoms with Gasteiger partial charge in [0.05, 0.1) is 40.1 Å². The molecule has 0 amide bonds. The van der Waals surface area contributed by atoms with Crippen molar-refractivity contribution in [1.82, 2.24) is 4.98 Å². The number of aromatic nitrogens is 1. The lowest BCUT2D eigenvalue weighted by molar-refractivity contribution is -0.890. The number of ether oxygens (including phenoxy) is 1. The number of aliphatic imine (C=N–C) groups is 1. The second-order valence-corrected chi connectivity index (χ2v) is 6.19. The highest BCUT2D eigenvalue weighted by atomic mass is 16.5. The van der Waals surface area contributed by atoms with Gasteiger partial charge in [0.1, 0.15) is 17.5 Å². The smallest absolute Gasteiger partial charge is 0.145 e. The van der Waals surface area contributed by atoms with Crippen molar-refractivity contribution in [3.05, 3.63) is 52.8 Å². The number of hydrogen-bond donors (Lipinski definition) is 3. The topological polar surface area (TPSA) is 79.4 Å². The van der Waals surface area contributed by atoms with Crippen molar-refractivity contribution >= 4 is 6.21 Å². The van der Waals surface area contributed by atoms with E-state index in [1.807, 2.05) is 24.3 Å². The lowest BCUT2D eigenvalue weighted by atomic mass is 10.1. The van der Waals surface area contributed by atoms with Gasteiger partial charge in [0.2, 0.25) is 0 Å². The number of nitrogens with one attached hydrogen (secondary N) is 1.